The van der Waals surface area contributed by atoms with E-state index in [4.69, 9.17) is 4.74 Å². The Balaban J connectivity index is 1.79. The summed E-state index contributed by atoms with van der Waals surface area (Å²) >= 11 is 0. The minimum Gasteiger partial charge on any atom is -0.376 e. The van der Waals surface area contributed by atoms with Crippen molar-refractivity contribution in [3.63, 3.8) is 0 Å². The summed E-state index contributed by atoms with van der Waals surface area (Å²) in [5.41, 5.74) is -0.677. The minimum atomic E-state index is -0.882. The zero-order chi connectivity index (χ0) is 22.7. The van der Waals surface area contributed by atoms with Crippen molar-refractivity contribution < 1.29 is 13.9 Å². The molecule has 1 fully saturated rings. The molecule has 4 rings (SSSR count). The molecule has 2 aromatic carbocycles. The highest BCUT2D eigenvalue weighted by molar-refractivity contribution is 5.91. The number of halogens is 1. The van der Waals surface area contributed by atoms with Gasteiger partial charge in [0, 0.05) is 18.7 Å². The van der Waals surface area contributed by atoms with Gasteiger partial charge in [-0.05, 0) is 43.5 Å². The van der Waals surface area contributed by atoms with E-state index in [1.807, 2.05) is 13.0 Å². The molecule has 1 saturated heterocycles. The lowest BCUT2D eigenvalue weighted by Gasteiger charge is -2.14. The Hall–Kier alpha value is -3.59. The van der Waals surface area contributed by atoms with Crippen molar-refractivity contribution in [1.29, 1.82) is 0 Å². The Morgan fingerprint density at radius 1 is 1.22 bits per heavy atom. The van der Waals surface area contributed by atoms with Gasteiger partial charge in [0.1, 0.15) is 5.82 Å². The maximum atomic E-state index is 14.2. The van der Waals surface area contributed by atoms with E-state index < -0.39 is 28.7 Å². The van der Waals surface area contributed by atoms with E-state index in [0.717, 1.165) is 27.7 Å². The maximum Gasteiger partial charge on any atom is 0.352 e. The van der Waals surface area contributed by atoms with E-state index >= 15 is 0 Å². The van der Waals surface area contributed by atoms with Gasteiger partial charge in [0.2, 0.25) is 5.69 Å². The molecule has 0 unspecified atom stereocenters. The van der Waals surface area contributed by atoms with Crippen LogP contribution in [0.3, 0.4) is 0 Å². The highest BCUT2D eigenvalue weighted by atomic mass is 19.1. The van der Waals surface area contributed by atoms with Crippen LogP contribution in [0, 0.1) is 12.7 Å². The second kappa shape index (κ2) is 9.27. The molecule has 0 bridgehead atoms. The summed E-state index contributed by atoms with van der Waals surface area (Å²) in [6, 6.07) is 12.8. The van der Waals surface area contributed by atoms with Crippen molar-refractivity contribution in [2.75, 3.05) is 13.2 Å². The number of amides is 1. The van der Waals surface area contributed by atoms with Crippen LogP contribution in [-0.4, -0.2) is 39.5 Å². The molecule has 32 heavy (non-hydrogen) atoms. The molecule has 1 amide bonds. The van der Waals surface area contributed by atoms with E-state index in [-0.39, 0.29) is 24.8 Å². The van der Waals surface area contributed by atoms with Crippen LogP contribution < -0.4 is 16.6 Å². The lowest BCUT2D eigenvalue weighted by Crippen LogP contribution is -2.46. The van der Waals surface area contributed by atoms with Crippen LogP contribution >= 0.6 is 0 Å². The lowest BCUT2D eigenvalue weighted by atomic mass is 10.2. The average Bonchev–Trinajstić information content (AvgIpc) is 3.30. The Morgan fingerprint density at radius 3 is 2.75 bits per heavy atom. The largest absolute Gasteiger partial charge is 0.376 e. The summed E-state index contributed by atoms with van der Waals surface area (Å²) in [6.07, 6.45) is 1.60. The first-order valence-electron chi connectivity index (χ1n) is 10.4. The number of ether oxygens (including phenoxy) is 1. The van der Waals surface area contributed by atoms with Crippen molar-refractivity contribution >= 4 is 5.91 Å². The monoisotopic (exact) mass is 438 g/mol. The fourth-order valence-electron chi connectivity index (χ4n) is 3.62. The Labute approximate surface area is 183 Å². The van der Waals surface area contributed by atoms with Gasteiger partial charge in [0.15, 0.2) is 0 Å². The van der Waals surface area contributed by atoms with Gasteiger partial charge in [0.05, 0.1) is 18.3 Å². The Kier molecular flexibility index (Phi) is 6.27. The maximum absolute atomic E-state index is 14.2. The number of rotatable bonds is 6. The molecular weight excluding hydrogens is 415 g/mol. The van der Waals surface area contributed by atoms with E-state index in [1.54, 1.807) is 24.3 Å². The number of nitrogens with one attached hydrogen (secondary N) is 1. The normalized spacial score (nSPS) is 15.6. The molecule has 1 aliphatic rings. The van der Waals surface area contributed by atoms with Gasteiger partial charge < -0.3 is 10.1 Å². The molecule has 1 atom stereocenters. The molecule has 1 aromatic heterocycles. The van der Waals surface area contributed by atoms with Crippen LogP contribution in [-0.2, 0) is 11.3 Å². The highest BCUT2D eigenvalue weighted by Crippen LogP contribution is 2.11. The smallest absolute Gasteiger partial charge is 0.352 e. The van der Waals surface area contributed by atoms with Gasteiger partial charge in [-0.1, -0.05) is 30.3 Å². The second-order valence-electron chi connectivity index (χ2n) is 7.71. The number of carbonyl (C=O) groups is 1. The van der Waals surface area contributed by atoms with Crippen molar-refractivity contribution in [2.24, 2.45) is 0 Å². The first-order valence-corrected chi connectivity index (χ1v) is 10.4. The van der Waals surface area contributed by atoms with Crippen molar-refractivity contribution in [2.45, 2.75) is 32.4 Å². The quantitative estimate of drug-likeness (QED) is 0.633. The van der Waals surface area contributed by atoms with Gasteiger partial charge >= 0.3 is 5.69 Å². The van der Waals surface area contributed by atoms with Crippen molar-refractivity contribution in [3.05, 3.63) is 92.0 Å². The Morgan fingerprint density at radius 2 is 2.03 bits per heavy atom. The van der Waals surface area contributed by atoms with Crippen LogP contribution in [0.15, 0.2) is 58.1 Å². The van der Waals surface area contributed by atoms with E-state index in [9.17, 15) is 18.8 Å². The number of carbonyl (C=O) groups excluding carboxylic acids is 1. The molecule has 0 aliphatic carbocycles. The van der Waals surface area contributed by atoms with Crippen LogP contribution in [0.1, 0.15) is 34.5 Å². The van der Waals surface area contributed by atoms with Crippen LogP contribution in [0.2, 0.25) is 0 Å². The zero-order valence-electron chi connectivity index (χ0n) is 17.6. The number of aromatic nitrogens is 3. The number of benzene rings is 2. The molecular formula is C23H23FN4O4. The standard InChI is InChI=1S/C23H23FN4O4/c1-15-6-4-8-17(12-15)28-23(31)27(14-16-7-2-3-10-19(16)24)22(30)20(26-28)21(29)25-13-18-9-5-11-32-18/h2-4,6-8,10,12,18H,5,9,11,13-14H2,1H3,(H,25,29)/t18-/m1/s1. The summed E-state index contributed by atoms with van der Waals surface area (Å²) < 4.78 is 21.6. The van der Waals surface area contributed by atoms with Gasteiger partial charge in [0.25, 0.3) is 11.5 Å². The highest BCUT2D eigenvalue weighted by Gasteiger charge is 2.23. The molecule has 0 spiro atoms. The third-order valence-electron chi connectivity index (χ3n) is 5.32. The SMILES string of the molecule is Cc1cccc(-n2nc(C(=O)NC[C@H]3CCCO3)c(=O)n(Cc3ccccc3F)c2=O)c1. The van der Waals surface area contributed by atoms with Crippen LogP contribution in [0.4, 0.5) is 4.39 Å². The van der Waals surface area contributed by atoms with Crippen LogP contribution in [0.25, 0.3) is 5.69 Å². The number of hydrogen-bond acceptors (Lipinski definition) is 5. The van der Waals surface area contributed by atoms with E-state index in [2.05, 4.69) is 10.4 Å². The Bertz CT molecular complexity index is 1260. The summed E-state index contributed by atoms with van der Waals surface area (Å²) in [6.45, 7) is 2.38. The first-order chi connectivity index (χ1) is 15.4. The molecule has 8 nitrogen and oxygen atoms in total. The molecule has 166 valence electrons. The van der Waals surface area contributed by atoms with Gasteiger partial charge in [-0.25, -0.2) is 9.18 Å². The van der Waals surface area contributed by atoms with Gasteiger partial charge in [-0.2, -0.15) is 9.78 Å². The molecule has 1 aliphatic heterocycles. The second-order valence-corrected chi connectivity index (χ2v) is 7.71. The average molecular weight is 438 g/mol. The summed E-state index contributed by atoms with van der Waals surface area (Å²) in [4.78, 5) is 39.0. The molecule has 3 aromatic rings. The van der Waals surface area contributed by atoms with Gasteiger partial charge in [-0.3, -0.25) is 14.2 Å². The van der Waals surface area contributed by atoms with E-state index in [1.165, 1.54) is 18.2 Å². The third-order valence-corrected chi connectivity index (χ3v) is 5.32. The fraction of sp³-hybridized carbons (Fsp3) is 0.304. The third kappa shape index (κ3) is 4.52. The van der Waals surface area contributed by atoms with Crippen molar-refractivity contribution in [3.8, 4) is 5.69 Å². The number of aryl methyl sites for hydroxylation is 1. The molecule has 2 heterocycles. The minimum absolute atomic E-state index is 0.123. The van der Waals surface area contributed by atoms with Gasteiger partial charge in [-0.15, -0.1) is 0 Å². The molecule has 9 heteroatoms. The first kappa shape index (κ1) is 21.6. The topological polar surface area (TPSA) is 95.2 Å². The zero-order valence-corrected chi connectivity index (χ0v) is 17.6. The molecule has 1 N–H and O–H groups in total. The predicted octanol–water partition coefficient (Wildman–Crippen LogP) is 1.80. The summed E-state index contributed by atoms with van der Waals surface area (Å²) in [5.74, 6) is -1.27. The van der Waals surface area contributed by atoms with Crippen LogP contribution in [0.5, 0.6) is 0 Å². The predicted molar refractivity (Wildman–Crippen MR) is 116 cm³/mol. The number of hydrogen-bond donors (Lipinski definition) is 1. The summed E-state index contributed by atoms with van der Waals surface area (Å²) in [5, 5.41) is 6.74. The number of nitrogens with zero attached hydrogens (tertiary/aromatic N) is 3. The molecule has 0 saturated carbocycles. The summed E-state index contributed by atoms with van der Waals surface area (Å²) in [7, 11) is 0. The molecule has 0 radical (unpaired) electrons. The van der Waals surface area contributed by atoms with E-state index in [0.29, 0.717) is 12.3 Å². The van der Waals surface area contributed by atoms with Crippen molar-refractivity contribution in [1.82, 2.24) is 19.7 Å². The fourth-order valence-corrected chi connectivity index (χ4v) is 3.62. The lowest BCUT2D eigenvalue weighted by molar-refractivity contribution is 0.0849.